The monoisotopic (exact) mass is 412 g/mol. The fourth-order valence-electron chi connectivity index (χ4n) is 3.62. The lowest BCUT2D eigenvalue weighted by Crippen LogP contribution is -2.30. The van der Waals surface area contributed by atoms with E-state index in [9.17, 15) is 13.2 Å². The van der Waals surface area contributed by atoms with Gasteiger partial charge in [-0.05, 0) is 43.5 Å². The van der Waals surface area contributed by atoms with E-state index in [4.69, 9.17) is 0 Å². The minimum absolute atomic E-state index is 0.156. The number of carbonyl (C=O) groups excluding carboxylic acids is 1. The zero-order valence-corrected chi connectivity index (χ0v) is 17.2. The zero-order valence-electron chi connectivity index (χ0n) is 16.3. The number of amides is 1. The maximum Gasteiger partial charge on any atom is 0.240 e. The number of fused-ring (bicyclic) bond motifs is 1. The normalized spacial score (nSPS) is 14.8. The summed E-state index contributed by atoms with van der Waals surface area (Å²) in [6.45, 7) is 3.64. The minimum atomic E-state index is -3.63. The van der Waals surface area contributed by atoms with E-state index in [0.29, 0.717) is 25.9 Å². The molecular formula is C21H24N4O3S. The summed E-state index contributed by atoms with van der Waals surface area (Å²) in [6.07, 6.45) is 5.90. The van der Waals surface area contributed by atoms with Gasteiger partial charge in [0.1, 0.15) is 5.65 Å². The fourth-order valence-corrected chi connectivity index (χ4v) is 4.74. The first-order valence-electron chi connectivity index (χ1n) is 9.76. The highest BCUT2D eigenvalue weighted by molar-refractivity contribution is 7.89. The van der Waals surface area contributed by atoms with Crippen LogP contribution in [0.3, 0.4) is 0 Å². The summed E-state index contributed by atoms with van der Waals surface area (Å²) in [7, 11) is -3.63. The molecule has 4 rings (SSSR count). The molecule has 3 aromatic rings. The molecule has 0 atom stereocenters. The van der Waals surface area contributed by atoms with Crippen molar-refractivity contribution in [1.82, 2.24) is 19.0 Å². The van der Waals surface area contributed by atoms with Gasteiger partial charge >= 0.3 is 0 Å². The van der Waals surface area contributed by atoms with Crippen LogP contribution in [0.25, 0.3) is 16.9 Å². The van der Waals surface area contributed by atoms with Crippen LogP contribution >= 0.6 is 0 Å². The largest absolute Gasteiger partial charge is 0.343 e. The molecule has 2 aromatic heterocycles. The van der Waals surface area contributed by atoms with Crippen LogP contribution in [0, 0.1) is 6.92 Å². The van der Waals surface area contributed by atoms with Crippen molar-refractivity contribution in [3.63, 3.8) is 0 Å². The third kappa shape index (κ3) is 4.18. The first-order valence-corrected chi connectivity index (χ1v) is 11.2. The van der Waals surface area contributed by atoms with Gasteiger partial charge in [-0.1, -0.05) is 18.2 Å². The van der Waals surface area contributed by atoms with Gasteiger partial charge < -0.3 is 9.30 Å². The lowest BCUT2D eigenvalue weighted by atomic mass is 10.2. The predicted octanol–water partition coefficient (Wildman–Crippen LogP) is 2.60. The van der Waals surface area contributed by atoms with Crippen LogP contribution in [0.1, 0.15) is 24.8 Å². The number of likely N-dealkylation sites (tertiary alicyclic amines) is 1. The van der Waals surface area contributed by atoms with E-state index in [1.54, 1.807) is 23.1 Å². The summed E-state index contributed by atoms with van der Waals surface area (Å²) in [6, 6.07) is 10.8. The van der Waals surface area contributed by atoms with Gasteiger partial charge in [0, 0.05) is 44.0 Å². The topological polar surface area (TPSA) is 83.8 Å². The van der Waals surface area contributed by atoms with Crippen molar-refractivity contribution in [1.29, 1.82) is 0 Å². The number of pyridine rings is 1. The van der Waals surface area contributed by atoms with Crippen LogP contribution in [0.15, 0.2) is 53.7 Å². The Balaban J connectivity index is 1.46. The van der Waals surface area contributed by atoms with Crippen LogP contribution in [-0.4, -0.2) is 48.2 Å². The molecule has 0 unspecified atom stereocenters. The molecule has 1 aromatic carbocycles. The molecule has 0 bridgehead atoms. The Labute approximate surface area is 170 Å². The van der Waals surface area contributed by atoms with Crippen molar-refractivity contribution in [2.24, 2.45) is 0 Å². The lowest BCUT2D eigenvalue weighted by molar-refractivity contribution is -0.127. The molecule has 8 heteroatoms. The maximum absolute atomic E-state index is 12.7. The lowest BCUT2D eigenvalue weighted by Gasteiger charge is -2.15. The summed E-state index contributed by atoms with van der Waals surface area (Å²) in [5.74, 6) is 0.156. The van der Waals surface area contributed by atoms with Gasteiger partial charge in [-0.3, -0.25) is 4.79 Å². The summed E-state index contributed by atoms with van der Waals surface area (Å²) >= 11 is 0. The smallest absolute Gasteiger partial charge is 0.240 e. The quantitative estimate of drug-likeness (QED) is 0.605. The summed E-state index contributed by atoms with van der Waals surface area (Å²) in [5, 5.41) is 0. The van der Waals surface area contributed by atoms with Crippen molar-refractivity contribution in [3.05, 3.63) is 54.4 Å². The zero-order chi connectivity index (χ0) is 20.4. The molecule has 1 aliphatic heterocycles. The van der Waals surface area contributed by atoms with Crippen LogP contribution in [0.2, 0.25) is 0 Å². The molecule has 0 aliphatic carbocycles. The number of aryl methyl sites for hydroxylation is 1. The van der Waals surface area contributed by atoms with Crippen LogP contribution in [-0.2, 0) is 14.8 Å². The molecule has 0 spiro atoms. The molecule has 1 saturated heterocycles. The molecule has 29 heavy (non-hydrogen) atoms. The third-order valence-corrected chi connectivity index (χ3v) is 6.64. The van der Waals surface area contributed by atoms with Crippen LogP contribution in [0.5, 0.6) is 0 Å². The molecule has 0 saturated carbocycles. The van der Waals surface area contributed by atoms with E-state index < -0.39 is 10.0 Å². The number of aromatic nitrogens is 2. The standard InChI is InChI=1S/C21H24N4O3S/c1-16-6-3-12-25-15-19(23-21(16)25)17-7-2-8-18(14-17)29(27,28)22-10-5-13-24-11-4-9-20(24)26/h2-3,6-8,12,14-15,22H,4-5,9-11,13H2,1H3. The van der Waals surface area contributed by atoms with Gasteiger partial charge in [0.05, 0.1) is 10.6 Å². The molecule has 152 valence electrons. The summed E-state index contributed by atoms with van der Waals surface area (Å²) < 4.78 is 29.9. The number of rotatable bonds is 7. The first-order chi connectivity index (χ1) is 13.9. The van der Waals surface area contributed by atoms with Gasteiger partial charge in [-0.2, -0.15) is 0 Å². The predicted molar refractivity (Wildman–Crippen MR) is 111 cm³/mol. The second-order valence-corrected chi connectivity index (χ2v) is 9.08. The van der Waals surface area contributed by atoms with Crippen molar-refractivity contribution < 1.29 is 13.2 Å². The van der Waals surface area contributed by atoms with Crippen LogP contribution in [0.4, 0.5) is 0 Å². The number of benzene rings is 1. The molecule has 1 amide bonds. The Morgan fingerprint density at radius 2 is 2.07 bits per heavy atom. The van der Waals surface area contributed by atoms with Gasteiger partial charge in [0.15, 0.2) is 0 Å². The maximum atomic E-state index is 12.7. The van der Waals surface area contributed by atoms with Crippen molar-refractivity contribution in [2.45, 2.75) is 31.1 Å². The molecule has 1 N–H and O–H groups in total. The van der Waals surface area contributed by atoms with Crippen molar-refractivity contribution >= 4 is 21.6 Å². The van der Waals surface area contributed by atoms with E-state index >= 15 is 0 Å². The van der Waals surface area contributed by atoms with E-state index in [-0.39, 0.29) is 10.8 Å². The van der Waals surface area contributed by atoms with E-state index in [0.717, 1.165) is 35.4 Å². The Morgan fingerprint density at radius 1 is 1.21 bits per heavy atom. The van der Waals surface area contributed by atoms with Gasteiger partial charge in [-0.25, -0.2) is 18.1 Å². The SMILES string of the molecule is Cc1cccn2cc(-c3cccc(S(=O)(=O)NCCCN4CCCC4=O)c3)nc12. The highest BCUT2D eigenvalue weighted by Gasteiger charge is 2.20. The van der Waals surface area contributed by atoms with Gasteiger partial charge in [-0.15, -0.1) is 0 Å². The average molecular weight is 413 g/mol. The highest BCUT2D eigenvalue weighted by Crippen LogP contribution is 2.23. The third-order valence-electron chi connectivity index (χ3n) is 5.19. The molecule has 7 nitrogen and oxygen atoms in total. The number of hydrogen-bond donors (Lipinski definition) is 1. The minimum Gasteiger partial charge on any atom is -0.343 e. The van der Waals surface area contributed by atoms with Crippen LogP contribution < -0.4 is 4.72 Å². The summed E-state index contributed by atoms with van der Waals surface area (Å²) in [4.78, 5) is 18.3. The second kappa shape index (κ2) is 7.96. The molecule has 1 fully saturated rings. The number of nitrogens with zero attached hydrogens (tertiary/aromatic N) is 3. The van der Waals surface area contributed by atoms with Crippen molar-refractivity contribution in [3.8, 4) is 11.3 Å². The van der Waals surface area contributed by atoms with E-state index in [1.807, 2.05) is 41.9 Å². The molecule has 1 aliphatic rings. The number of sulfonamides is 1. The Hall–Kier alpha value is -2.71. The summed E-state index contributed by atoms with van der Waals surface area (Å²) in [5.41, 5.74) is 3.38. The Bertz CT molecular complexity index is 1150. The number of hydrogen-bond acceptors (Lipinski definition) is 4. The van der Waals surface area contributed by atoms with E-state index in [2.05, 4.69) is 9.71 Å². The molecule has 3 heterocycles. The fraction of sp³-hybridized carbons (Fsp3) is 0.333. The number of imidazole rings is 1. The first kappa shape index (κ1) is 19.6. The van der Waals surface area contributed by atoms with E-state index in [1.165, 1.54) is 0 Å². The molecule has 0 radical (unpaired) electrons. The number of nitrogens with one attached hydrogen (secondary N) is 1. The van der Waals surface area contributed by atoms with Crippen molar-refractivity contribution in [2.75, 3.05) is 19.6 Å². The average Bonchev–Trinajstić information content (AvgIpc) is 3.32. The Kier molecular flexibility index (Phi) is 5.38. The van der Waals surface area contributed by atoms with Gasteiger partial charge in [0.2, 0.25) is 15.9 Å². The highest BCUT2D eigenvalue weighted by atomic mass is 32.2. The Morgan fingerprint density at radius 3 is 2.83 bits per heavy atom. The van der Waals surface area contributed by atoms with Gasteiger partial charge in [0.25, 0.3) is 0 Å². The second-order valence-electron chi connectivity index (χ2n) is 7.31. The number of carbonyl (C=O) groups is 1. The molecular weight excluding hydrogens is 388 g/mol.